The molecule has 0 unspecified atom stereocenters. The summed E-state index contributed by atoms with van der Waals surface area (Å²) in [4.78, 5) is 30.7. The zero-order chi connectivity index (χ0) is 14.9. The monoisotopic (exact) mass is 287 g/mol. The summed E-state index contributed by atoms with van der Waals surface area (Å²) in [6.07, 6.45) is 8.21. The fourth-order valence-electron chi connectivity index (χ4n) is 3.40. The molecule has 5 nitrogen and oxygen atoms in total. The Kier molecular flexibility index (Phi) is 3.66. The van der Waals surface area contributed by atoms with Gasteiger partial charge in [-0.15, -0.1) is 0 Å². The van der Waals surface area contributed by atoms with E-state index in [4.69, 9.17) is 0 Å². The molecule has 0 atom stereocenters. The first-order valence-corrected chi connectivity index (χ1v) is 7.61. The molecule has 1 saturated carbocycles. The van der Waals surface area contributed by atoms with Gasteiger partial charge in [0.1, 0.15) is 5.54 Å². The third-order valence-electron chi connectivity index (χ3n) is 4.63. The molecule has 2 amide bonds. The van der Waals surface area contributed by atoms with Crippen LogP contribution in [0.5, 0.6) is 0 Å². The Bertz CT molecular complexity index is 564. The van der Waals surface area contributed by atoms with Crippen molar-refractivity contribution in [2.45, 2.75) is 51.1 Å². The molecule has 3 rings (SSSR count). The van der Waals surface area contributed by atoms with Gasteiger partial charge < -0.3 is 10.2 Å². The second-order valence-corrected chi connectivity index (χ2v) is 6.15. The minimum absolute atomic E-state index is 0.0435. The van der Waals surface area contributed by atoms with E-state index < -0.39 is 5.54 Å². The van der Waals surface area contributed by atoms with Gasteiger partial charge in [0.15, 0.2) is 0 Å². The lowest BCUT2D eigenvalue weighted by molar-refractivity contribution is -0.152. The van der Waals surface area contributed by atoms with E-state index in [2.05, 4.69) is 10.3 Å². The Morgan fingerprint density at radius 2 is 2.05 bits per heavy atom. The van der Waals surface area contributed by atoms with Crippen LogP contribution in [0.3, 0.4) is 0 Å². The molecule has 112 valence electrons. The zero-order valence-corrected chi connectivity index (χ0v) is 12.4. The first kappa shape index (κ1) is 14.0. The summed E-state index contributed by atoms with van der Waals surface area (Å²) in [6.45, 7) is 2.62. The van der Waals surface area contributed by atoms with Gasteiger partial charge >= 0.3 is 0 Å². The molecule has 0 bridgehead atoms. The standard InChI is InChI=1S/C16H21N3O2/c1-12-5-8-17-9-13(12)10-19-11-14(20)18-16(15(19)21)6-3-2-4-7-16/h5,8-9H,2-4,6-7,10-11H2,1H3,(H,18,20). The van der Waals surface area contributed by atoms with E-state index in [1.54, 1.807) is 17.3 Å². The number of rotatable bonds is 2. The van der Waals surface area contributed by atoms with Crippen LogP contribution in [0, 0.1) is 6.92 Å². The lowest BCUT2D eigenvalue weighted by Gasteiger charge is -2.44. The molecular formula is C16H21N3O2. The summed E-state index contributed by atoms with van der Waals surface area (Å²) in [5, 5.41) is 2.97. The molecule has 1 saturated heterocycles. The smallest absolute Gasteiger partial charge is 0.249 e. The molecule has 2 aliphatic rings. The Morgan fingerprint density at radius 3 is 2.76 bits per heavy atom. The first-order valence-electron chi connectivity index (χ1n) is 7.61. The number of pyridine rings is 1. The number of amides is 2. The fourth-order valence-corrected chi connectivity index (χ4v) is 3.40. The number of nitrogens with one attached hydrogen (secondary N) is 1. The average molecular weight is 287 g/mol. The minimum atomic E-state index is -0.649. The molecule has 1 aromatic rings. The van der Waals surface area contributed by atoms with Crippen LogP contribution in [-0.2, 0) is 16.1 Å². The number of carbonyl (C=O) groups is 2. The molecule has 5 heteroatoms. The van der Waals surface area contributed by atoms with Crippen molar-refractivity contribution in [3.63, 3.8) is 0 Å². The van der Waals surface area contributed by atoms with Crippen molar-refractivity contribution in [1.82, 2.24) is 15.2 Å². The van der Waals surface area contributed by atoms with Crippen LogP contribution in [0.4, 0.5) is 0 Å². The molecule has 0 aromatic carbocycles. The van der Waals surface area contributed by atoms with Crippen molar-refractivity contribution < 1.29 is 9.59 Å². The normalized spacial score (nSPS) is 21.5. The van der Waals surface area contributed by atoms with Crippen molar-refractivity contribution in [1.29, 1.82) is 0 Å². The van der Waals surface area contributed by atoms with Crippen LogP contribution in [0.25, 0.3) is 0 Å². The highest BCUT2D eigenvalue weighted by molar-refractivity contribution is 5.98. The molecule has 2 fully saturated rings. The largest absolute Gasteiger partial charge is 0.340 e. The molecule has 1 N–H and O–H groups in total. The van der Waals surface area contributed by atoms with Crippen LogP contribution in [0.1, 0.15) is 43.2 Å². The van der Waals surface area contributed by atoms with Gasteiger partial charge in [0, 0.05) is 18.9 Å². The summed E-state index contributed by atoms with van der Waals surface area (Å²) in [5.41, 5.74) is 1.46. The molecule has 1 aromatic heterocycles. The second kappa shape index (κ2) is 5.47. The highest BCUT2D eigenvalue weighted by Gasteiger charge is 2.46. The SMILES string of the molecule is Cc1ccncc1CN1CC(=O)NC2(CCCCC2)C1=O. The highest BCUT2D eigenvalue weighted by Crippen LogP contribution is 2.32. The molecule has 1 aliphatic carbocycles. The van der Waals surface area contributed by atoms with E-state index in [1.165, 1.54) is 0 Å². The fraction of sp³-hybridized carbons (Fsp3) is 0.562. The van der Waals surface area contributed by atoms with Crippen molar-refractivity contribution in [2.75, 3.05) is 6.54 Å². The molecule has 21 heavy (non-hydrogen) atoms. The van der Waals surface area contributed by atoms with Crippen LogP contribution in [0.15, 0.2) is 18.5 Å². The predicted octanol–water partition coefficient (Wildman–Crippen LogP) is 1.55. The summed E-state index contributed by atoms with van der Waals surface area (Å²) in [6, 6.07) is 1.93. The summed E-state index contributed by atoms with van der Waals surface area (Å²) < 4.78 is 0. The lowest BCUT2D eigenvalue weighted by atomic mass is 9.79. The maximum Gasteiger partial charge on any atom is 0.249 e. The first-order chi connectivity index (χ1) is 10.1. The van der Waals surface area contributed by atoms with Crippen molar-refractivity contribution >= 4 is 11.8 Å². The second-order valence-electron chi connectivity index (χ2n) is 6.15. The average Bonchev–Trinajstić information content (AvgIpc) is 2.47. The van der Waals surface area contributed by atoms with Gasteiger partial charge in [-0.05, 0) is 37.0 Å². The topological polar surface area (TPSA) is 62.3 Å². The summed E-state index contributed by atoms with van der Waals surface area (Å²) in [7, 11) is 0. The zero-order valence-electron chi connectivity index (χ0n) is 12.4. The van der Waals surface area contributed by atoms with Crippen LogP contribution >= 0.6 is 0 Å². The maximum atomic E-state index is 12.9. The Balaban J connectivity index is 1.83. The van der Waals surface area contributed by atoms with Crippen LogP contribution < -0.4 is 5.32 Å². The predicted molar refractivity (Wildman–Crippen MR) is 78.3 cm³/mol. The molecule has 1 spiro atoms. The van der Waals surface area contributed by atoms with E-state index in [1.807, 2.05) is 13.0 Å². The van der Waals surface area contributed by atoms with Gasteiger partial charge in [0.2, 0.25) is 11.8 Å². The van der Waals surface area contributed by atoms with E-state index in [-0.39, 0.29) is 18.4 Å². The van der Waals surface area contributed by atoms with Crippen molar-refractivity contribution in [3.8, 4) is 0 Å². The molecular weight excluding hydrogens is 266 g/mol. The Hall–Kier alpha value is -1.91. The van der Waals surface area contributed by atoms with Gasteiger partial charge in [-0.2, -0.15) is 0 Å². The molecule has 2 heterocycles. The van der Waals surface area contributed by atoms with Gasteiger partial charge in [-0.25, -0.2) is 0 Å². The lowest BCUT2D eigenvalue weighted by Crippen LogP contribution is -2.66. The van der Waals surface area contributed by atoms with Crippen molar-refractivity contribution in [3.05, 3.63) is 29.6 Å². The van der Waals surface area contributed by atoms with Gasteiger partial charge in [0.25, 0.3) is 0 Å². The Morgan fingerprint density at radius 1 is 1.29 bits per heavy atom. The maximum absolute atomic E-state index is 12.9. The van der Waals surface area contributed by atoms with Crippen LogP contribution in [0.2, 0.25) is 0 Å². The van der Waals surface area contributed by atoms with E-state index >= 15 is 0 Å². The number of hydrogen-bond acceptors (Lipinski definition) is 3. The van der Waals surface area contributed by atoms with E-state index in [0.717, 1.165) is 43.2 Å². The number of aromatic nitrogens is 1. The van der Waals surface area contributed by atoms with Gasteiger partial charge in [-0.3, -0.25) is 14.6 Å². The van der Waals surface area contributed by atoms with E-state index in [0.29, 0.717) is 6.54 Å². The number of nitrogens with zero attached hydrogens (tertiary/aromatic N) is 2. The highest BCUT2D eigenvalue weighted by atomic mass is 16.2. The number of piperazine rings is 1. The number of aryl methyl sites for hydroxylation is 1. The summed E-state index contributed by atoms with van der Waals surface area (Å²) >= 11 is 0. The number of carbonyl (C=O) groups excluding carboxylic acids is 2. The third kappa shape index (κ3) is 2.64. The quantitative estimate of drug-likeness (QED) is 0.897. The van der Waals surface area contributed by atoms with Crippen LogP contribution in [-0.4, -0.2) is 33.8 Å². The minimum Gasteiger partial charge on any atom is -0.340 e. The Labute approximate surface area is 124 Å². The van der Waals surface area contributed by atoms with E-state index in [9.17, 15) is 9.59 Å². The van der Waals surface area contributed by atoms with Gasteiger partial charge in [0.05, 0.1) is 6.54 Å². The number of hydrogen-bond donors (Lipinski definition) is 1. The molecule has 0 radical (unpaired) electrons. The van der Waals surface area contributed by atoms with Crippen molar-refractivity contribution in [2.24, 2.45) is 0 Å². The van der Waals surface area contributed by atoms with Gasteiger partial charge in [-0.1, -0.05) is 19.3 Å². The third-order valence-corrected chi connectivity index (χ3v) is 4.63. The molecule has 1 aliphatic heterocycles. The summed E-state index contributed by atoms with van der Waals surface area (Å²) in [5.74, 6) is 0.0306.